The molecule has 1 unspecified atom stereocenters. The molecule has 0 aliphatic rings. The molecule has 0 aliphatic carbocycles. The summed E-state index contributed by atoms with van der Waals surface area (Å²) in [5.41, 5.74) is 8.14. The first-order valence-corrected chi connectivity index (χ1v) is 7.80. The number of sulfone groups is 1. The van der Waals surface area contributed by atoms with Crippen molar-refractivity contribution in [1.29, 1.82) is 0 Å². The first-order chi connectivity index (χ1) is 8.97. The zero-order chi connectivity index (χ0) is 13.9. The lowest BCUT2D eigenvalue weighted by Crippen LogP contribution is -2.13. The van der Waals surface area contributed by atoms with E-state index in [0.29, 0.717) is 11.3 Å². The second-order valence-electron chi connectivity index (χ2n) is 4.51. The van der Waals surface area contributed by atoms with Gasteiger partial charge in [0.1, 0.15) is 0 Å². The molecule has 19 heavy (non-hydrogen) atoms. The fourth-order valence-electron chi connectivity index (χ4n) is 1.85. The highest BCUT2D eigenvalue weighted by Gasteiger charge is 2.10. The van der Waals surface area contributed by atoms with E-state index in [2.05, 4.69) is 4.98 Å². The maximum absolute atomic E-state index is 11.4. The Labute approximate surface area is 113 Å². The van der Waals surface area contributed by atoms with Crippen LogP contribution in [0.2, 0.25) is 0 Å². The zero-order valence-electron chi connectivity index (χ0n) is 10.7. The molecule has 100 valence electrons. The molecule has 0 spiro atoms. The van der Waals surface area contributed by atoms with E-state index in [0.717, 1.165) is 11.1 Å². The molecule has 5 heteroatoms. The third kappa shape index (κ3) is 3.62. The fraction of sp³-hybridized carbons (Fsp3) is 0.214. The minimum atomic E-state index is -3.15. The van der Waals surface area contributed by atoms with Gasteiger partial charge in [-0.1, -0.05) is 12.1 Å². The van der Waals surface area contributed by atoms with Gasteiger partial charge in [0.05, 0.1) is 4.90 Å². The van der Waals surface area contributed by atoms with Gasteiger partial charge in [-0.3, -0.25) is 4.98 Å². The molecule has 2 N–H and O–H groups in total. The van der Waals surface area contributed by atoms with Crippen LogP contribution in [-0.2, 0) is 16.3 Å². The van der Waals surface area contributed by atoms with E-state index in [9.17, 15) is 8.42 Å². The third-order valence-electron chi connectivity index (χ3n) is 2.94. The highest BCUT2D eigenvalue weighted by Crippen LogP contribution is 2.18. The monoisotopic (exact) mass is 276 g/mol. The van der Waals surface area contributed by atoms with Crippen molar-refractivity contribution in [3.8, 4) is 0 Å². The zero-order valence-corrected chi connectivity index (χ0v) is 11.5. The predicted molar refractivity (Wildman–Crippen MR) is 74.4 cm³/mol. The maximum atomic E-state index is 11.4. The predicted octanol–water partition coefficient (Wildman–Crippen LogP) is 1.73. The third-order valence-corrected chi connectivity index (χ3v) is 4.07. The summed E-state index contributed by atoms with van der Waals surface area (Å²) in [6, 6.07) is 10.4. The Hall–Kier alpha value is -1.72. The van der Waals surface area contributed by atoms with Gasteiger partial charge >= 0.3 is 0 Å². The van der Waals surface area contributed by atoms with E-state index < -0.39 is 9.84 Å². The van der Waals surface area contributed by atoms with Gasteiger partial charge in [0.2, 0.25) is 0 Å². The van der Waals surface area contributed by atoms with Crippen molar-refractivity contribution in [3.05, 3.63) is 59.9 Å². The normalized spacial score (nSPS) is 13.2. The van der Waals surface area contributed by atoms with Gasteiger partial charge in [-0.15, -0.1) is 0 Å². The Morgan fingerprint density at radius 1 is 1.11 bits per heavy atom. The molecular weight excluding hydrogens is 260 g/mol. The topological polar surface area (TPSA) is 73.0 Å². The van der Waals surface area contributed by atoms with Crippen LogP contribution in [0.1, 0.15) is 17.2 Å². The summed E-state index contributed by atoms with van der Waals surface area (Å²) in [7, 11) is -3.15. The molecule has 2 aromatic rings. The molecule has 0 saturated heterocycles. The number of benzene rings is 1. The number of pyridine rings is 1. The van der Waals surface area contributed by atoms with Gasteiger partial charge in [0.25, 0.3) is 0 Å². The number of aromatic nitrogens is 1. The van der Waals surface area contributed by atoms with Crippen LogP contribution in [0.5, 0.6) is 0 Å². The van der Waals surface area contributed by atoms with Gasteiger partial charge in [-0.2, -0.15) is 0 Å². The summed E-state index contributed by atoms with van der Waals surface area (Å²) in [6.45, 7) is 0. The SMILES string of the molecule is CS(=O)(=O)c1ccc(C(N)Cc2ccncc2)cc1. The lowest BCUT2D eigenvalue weighted by Gasteiger charge is -2.12. The second kappa shape index (κ2) is 5.50. The van der Waals surface area contributed by atoms with Crippen LogP contribution in [0.25, 0.3) is 0 Å². The molecule has 0 fully saturated rings. The summed E-state index contributed by atoms with van der Waals surface area (Å²) in [5.74, 6) is 0. The van der Waals surface area contributed by atoms with Gasteiger partial charge in [-0.25, -0.2) is 8.42 Å². The minimum absolute atomic E-state index is 0.156. The van der Waals surface area contributed by atoms with Crippen LogP contribution >= 0.6 is 0 Å². The van der Waals surface area contributed by atoms with E-state index in [1.165, 1.54) is 6.26 Å². The average molecular weight is 276 g/mol. The van der Waals surface area contributed by atoms with Gasteiger partial charge in [0, 0.05) is 24.7 Å². The molecule has 1 heterocycles. The largest absolute Gasteiger partial charge is 0.324 e. The van der Waals surface area contributed by atoms with E-state index in [1.54, 1.807) is 36.7 Å². The Bertz CT molecular complexity index is 637. The molecule has 0 radical (unpaired) electrons. The standard InChI is InChI=1S/C14H16N2O2S/c1-19(17,18)13-4-2-12(3-5-13)14(15)10-11-6-8-16-9-7-11/h2-9,14H,10,15H2,1H3. The number of hydrogen-bond donors (Lipinski definition) is 1. The summed E-state index contributed by atoms with van der Waals surface area (Å²) >= 11 is 0. The Morgan fingerprint density at radius 3 is 2.21 bits per heavy atom. The molecule has 0 bridgehead atoms. The van der Waals surface area contributed by atoms with Crippen molar-refractivity contribution < 1.29 is 8.42 Å². The Kier molecular flexibility index (Phi) is 3.97. The molecular formula is C14H16N2O2S. The summed E-state index contributed by atoms with van der Waals surface area (Å²) < 4.78 is 22.7. The summed E-state index contributed by atoms with van der Waals surface area (Å²) in [4.78, 5) is 4.27. The lowest BCUT2D eigenvalue weighted by atomic mass is 10.0. The van der Waals surface area contributed by atoms with Crippen LogP contribution in [0.4, 0.5) is 0 Å². The Balaban J connectivity index is 2.14. The van der Waals surface area contributed by atoms with Crippen LogP contribution in [-0.4, -0.2) is 19.7 Å². The first-order valence-electron chi connectivity index (χ1n) is 5.91. The highest BCUT2D eigenvalue weighted by atomic mass is 32.2. The molecule has 1 aromatic heterocycles. The maximum Gasteiger partial charge on any atom is 0.175 e. The molecule has 0 amide bonds. The number of nitrogens with two attached hydrogens (primary N) is 1. The first kappa shape index (κ1) is 13.7. The van der Waals surface area contributed by atoms with Crippen molar-refractivity contribution in [1.82, 2.24) is 4.98 Å². The van der Waals surface area contributed by atoms with Crippen molar-refractivity contribution in [2.45, 2.75) is 17.4 Å². The Morgan fingerprint density at radius 2 is 1.68 bits per heavy atom. The van der Waals surface area contributed by atoms with Gasteiger partial charge in [-0.05, 0) is 41.8 Å². The van der Waals surface area contributed by atoms with Crippen LogP contribution in [0.15, 0.2) is 53.7 Å². The molecule has 0 saturated carbocycles. The fourth-order valence-corrected chi connectivity index (χ4v) is 2.48. The quantitative estimate of drug-likeness (QED) is 0.923. The second-order valence-corrected chi connectivity index (χ2v) is 6.52. The molecule has 2 rings (SSSR count). The number of nitrogens with zero attached hydrogens (tertiary/aromatic N) is 1. The van der Waals surface area contributed by atoms with Crippen LogP contribution < -0.4 is 5.73 Å². The van der Waals surface area contributed by atoms with Crippen molar-refractivity contribution >= 4 is 9.84 Å². The van der Waals surface area contributed by atoms with E-state index >= 15 is 0 Å². The highest BCUT2D eigenvalue weighted by molar-refractivity contribution is 7.90. The van der Waals surface area contributed by atoms with Crippen LogP contribution in [0, 0.1) is 0 Å². The van der Waals surface area contributed by atoms with Gasteiger partial charge < -0.3 is 5.73 Å². The smallest absolute Gasteiger partial charge is 0.175 e. The van der Waals surface area contributed by atoms with E-state index in [1.807, 2.05) is 12.1 Å². The number of hydrogen-bond acceptors (Lipinski definition) is 4. The van der Waals surface area contributed by atoms with Crippen molar-refractivity contribution in [3.63, 3.8) is 0 Å². The van der Waals surface area contributed by atoms with E-state index in [-0.39, 0.29) is 6.04 Å². The lowest BCUT2D eigenvalue weighted by molar-refractivity contribution is 0.601. The van der Waals surface area contributed by atoms with Crippen molar-refractivity contribution in [2.75, 3.05) is 6.26 Å². The van der Waals surface area contributed by atoms with E-state index in [4.69, 9.17) is 5.73 Å². The summed E-state index contributed by atoms with van der Waals surface area (Å²) in [6.07, 6.45) is 5.35. The molecule has 0 aliphatic heterocycles. The molecule has 1 aromatic carbocycles. The average Bonchev–Trinajstić information content (AvgIpc) is 2.39. The molecule has 1 atom stereocenters. The summed E-state index contributed by atoms with van der Waals surface area (Å²) in [5, 5.41) is 0. The van der Waals surface area contributed by atoms with Gasteiger partial charge in [0.15, 0.2) is 9.84 Å². The molecule has 4 nitrogen and oxygen atoms in total. The minimum Gasteiger partial charge on any atom is -0.324 e. The van der Waals surface area contributed by atoms with Crippen LogP contribution in [0.3, 0.4) is 0 Å². The number of rotatable bonds is 4. The van der Waals surface area contributed by atoms with Crippen molar-refractivity contribution in [2.24, 2.45) is 5.73 Å².